The van der Waals surface area contributed by atoms with Gasteiger partial charge < -0.3 is 9.72 Å². The molecule has 0 saturated heterocycles. The fourth-order valence-corrected chi connectivity index (χ4v) is 6.08. The van der Waals surface area contributed by atoms with Crippen molar-refractivity contribution in [1.82, 2.24) is 14.7 Å². The summed E-state index contributed by atoms with van der Waals surface area (Å²) in [6.07, 6.45) is 4.59. The Balaban J connectivity index is 1.48. The van der Waals surface area contributed by atoms with Crippen LogP contribution in [-0.4, -0.2) is 30.9 Å². The number of fused-ring (bicyclic) bond motifs is 1. The molecule has 0 unspecified atom stereocenters. The third-order valence-electron chi connectivity index (χ3n) is 7.01. The van der Waals surface area contributed by atoms with E-state index in [0.29, 0.717) is 19.4 Å². The zero-order chi connectivity index (χ0) is 29.1. The van der Waals surface area contributed by atoms with Crippen LogP contribution in [0, 0.1) is 20.8 Å². The molecule has 0 aliphatic carbocycles. The van der Waals surface area contributed by atoms with Crippen molar-refractivity contribution in [2.45, 2.75) is 38.5 Å². The van der Waals surface area contributed by atoms with Crippen molar-refractivity contribution < 1.29 is 17.9 Å². The van der Waals surface area contributed by atoms with Crippen LogP contribution in [0.4, 0.5) is 0 Å². The maximum Gasteiger partial charge on any atom is 0.281 e. The Morgan fingerprint density at radius 1 is 0.951 bits per heavy atom. The number of nitrogens with one attached hydrogen (secondary N) is 2. The van der Waals surface area contributed by atoms with Crippen molar-refractivity contribution in [2.24, 2.45) is 0 Å². The number of halogens is 1. The van der Waals surface area contributed by atoms with Crippen molar-refractivity contribution in [3.05, 3.63) is 112 Å². The molecule has 7 nitrogen and oxygen atoms in total. The number of para-hydroxylation sites is 1. The molecular formula is C32H30ClN3O4S. The first-order chi connectivity index (χ1) is 19.7. The van der Waals surface area contributed by atoms with Gasteiger partial charge in [-0.3, -0.25) is 9.78 Å². The van der Waals surface area contributed by atoms with Gasteiger partial charge in [0.2, 0.25) is 0 Å². The molecule has 0 aliphatic heterocycles. The molecule has 0 fully saturated rings. The Hall–Kier alpha value is -4.14. The smallest absolute Gasteiger partial charge is 0.281 e. The standard InChI is InChI=1S/C32H30ClN3O4S/c1-20-17-23(18-21(2)29(20)33)40-16-8-13-28-27-12-7-11-26(25-14-15-34-19-22(25)3)30(27)35-31(28)32(37)36-41(38,39)24-9-5-4-6-10-24/h4-7,9-12,14-15,17-19,35H,8,13,16H2,1-3H3,(H,36,37). The summed E-state index contributed by atoms with van der Waals surface area (Å²) in [6, 6.07) is 19.4. The van der Waals surface area contributed by atoms with E-state index in [9.17, 15) is 13.2 Å². The highest BCUT2D eigenvalue weighted by atomic mass is 35.5. The quantitative estimate of drug-likeness (QED) is 0.182. The Kier molecular flexibility index (Phi) is 8.15. The molecule has 2 N–H and O–H groups in total. The van der Waals surface area contributed by atoms with E-state index in [1.54, 1.807) is 30.6 Å². The monoisotopic (exact) mass is 587 g/mol. The molecular weight excluding hydrogens is 558 g/mol. The van der Waals surface area contributed by atoms with Gasteiger partial charge in [-0.25, -0.2) is 13.1 Å². The summed E-state index contributed by atoms with van der Waals surface area (Å²) in [6.45, 7) is 6.25. The summed E-state index contributed by atoms with van der Waals surface area (Å²) >= 11 is 6.29. The van der Waals surface area contributed by atoms with Gasteiger partial charge in [0.25, 0.3) is 15.9 Å². The van der Waals surface area contributed by atoms with Crippen LogP contribution in [-0.2, 0) is 16.4 Å². The second kappa shape index (κ2) is 11.8. The van der Waals surface area contributed by atoms with E-state index < -0.39 is 15.9 Å². The number of ether oxygens (including phenoxy) is 1. The Bertz CT molecular complexity index is 1830. The van der Waals surface area contributed by atoms with Crippen LogP contribution in [0.2, 0.25) is 5.02 Å². The summed E-state index contributed by atoms with van der Waals surface area (Å²) in [5.74, 6) is 0.00742. The summed E-state index contributed by atoms with van der Waals surface area (Å²) in [7, 11) is -4.07. The predicted molar refractivity (Wildman–Crippen MR) is 162 cm³/mol. The van der Waals surface area contributed by atoms with E-state index in [4.69, 9.17) is 16.3 Å². The summed E-state index contributed by atoms with van der Waals surface area (Å²) in [5.41, 5.74) is 6.42. The number of amides is 1. The van der Waals surface area contributed by atoms with Gasteiger partial charge in [-0.1, -0.05) is 48.0 Å². The molecule has 3 aromatic carbocycles. The third kappa shape index (κ3) is 5.99. The van der Waals surface area contributed by atoms with Gasteiger partial charge in [-0.15, -0.1) is 0 Å². The molecule has 0 atom stereocenters. The van der Waals surface area contributed by atoms with Crippen molar-refractivity contribution in [1.29, 1.82) is 0 Å². The number of hydrogen-bond acceptors (Lipinski definition) is 5. The summed E-state index contributed by atoms with van der Waals surface area (Å²) in [5, 5.41) is 1.57. The zero-order valence-electron chi connectivity index (χ0n) is 23.0. The third-order valence-corrected chi connectivity index (χ3v) is 8.95. The van der Waals surface area contributed by atoms with E-state index in [1.165, 1.54) is 12.1 Å². The molecule has 9 heteroatoms. The van der Waals surface area contributed by atoms with E-state index in [-0.39, 0.29) is 10.6 Å². The maximum absolute atomic E-state index is 13.5. The second-order valence-corrected chi connectivity index (χ2v) is 12.0. The Morgan fingerprint density at radius 3 is 2.39 bits per heavy atom. The molecule has 5 rings (SSSR count). The van der Waals surface area contributed by atoms with Gasteiger partial charge in [-0.05, 0) is 91.8 Å². The van der Waals surface area contributed by atoms with E-state index >= 15 is 0 Å². The van der Waals surface area contributed by atoms with Crippen molar-refractivity contribution in [2.75, 3.05) is 6.61 Å². The number of aryl methyl sites for hydroxylation is 4. The number of aromatic nitrogens is 2. The van der Waals surface area contributed by atoms with Gasteiger partial charge in [-0.2, -0.15) is 0 Å². The molecule has 41 heavy (non-hydrogen) atoms. The molecule has 1 amide bonds. The number of aromatic amines is 1. The van der Waals surface area contributed by atoms with E-state index in [1.807, 2.05) is 57.2 Å². The first kappa shape index (κ1) is 28.4. The highest BCUT2D eigenvalue weighted by Gasteiger charge is 2.24. The van der Waals surface area contributed by atoms with Gasteiger partial charge in [0.05, 0.1) is 17.0 Å². The fourth-order valence-electron chi connectivity index (χ4n) is 4.99. The number of H-pyrrole nitrogens is 1. The van der Waals surface area contributed by atoms with Gasteiger partial charge in [0.1, 0.15) is 11.4 Å². The number of nitrogens with zero attached hydrogens (tertiary/aromatic N) is 1. The SMILES string of the molecule is Cc1cnccc1-c1cccc2c(CCCOc3cc(C)c(Cl)c(C)c3)c(C(=O)NS(=O)(=O)c3ccccc3)[nH]c12. The molecule has 2 heterocycles. The number of hydrogen-bond donors (Lipinski definition) is 2. The van der Waals surface area contributed by atoms with Crippen LogP contribution in [0.3, 0.4) is 0 Å². The minimum atomic E-state index is -4.07. The zero-order valence-corrected chi connectivity index (χ0v) is 24.6. The summed E-state index contributed by atoms with van der Waals surface area (Å²) in [4.78, 5) is 21.0. The van der Waals surface area contributed by atoms with Crippen molar-refractivity contribution in [3.8, 4) is 16.9 Å². The number of pyridine rings is 1. The molecule has 210 valence electrons. The molecule has 0 bridgehead atoms. The molecule has 0 radical (unpaired) electrons. The minimum absolute atomic E-state index is 0.0149. The normalized spacial score (nSPS) is 11.5. The van der Waals surface area contributed by atoms with Crippen molar-refractivity contribution in [3.63, 3.8) is 0 Å². The van der Waals surface area contributed by atoms with E-state index in [0.717, 1.165) is 55.1 Å². The lowest BCUT2D eigenvalue weighted by molar-refractivity contribution is 0.0976. The molecule has 0 aliphatic rings. The van der Waals surface area contributed by atoms with Crippen LogP contribution < -0.4 is 9.46 Å². The van der Waals surface area contributed by atoms with Crippen molar-refractivity contribution >= 4 is 38.4 Å². The first-order valence-corrected chi connectivity index (χ1v) is 15.1. The minimum Gasteiger partial charge on any atom is -0.494 e. The lowest BCUT2D eigenvalue weighted by Crippen LogP contribution is -2.31. The van der Waals surface area contributed by atoms with Crippen LogP contribution in [0.15, 0.2) is 84.0 Å². The highest BCUT2D eigenvalue weighted by Crippen LogP contribution is 2.34. The lowest BCUT2D eigenvalue weighted by atomic mass is 9.98. The van der Waals surface area contributed by atoms with Crippen LogP contribution in [0.5, 0.6) is 5.75 Å². The topological polar surface area (TPSA) is 101 Å². The predicted octanol–water partition coefficient (Wildman–Crippen LogP) is 6.94. The molecule has 2 aromatic heterocycles. The Morgan fingerprint density at radius 2 is 1.68 bits per heavy atom. The van der Waals surface area contributed by atoms with Gasteiger partial charge in [0.15, 0.2) is 0 Å². The molecule has 0 saturated carbocycles. The maximum atomic E-state index is 13.5. The van der Waals surface area contributed by atoms with Gasteiger partial charge >= 0.3 is 0 Å². The molecule has 5 aromatic rings. The highest BCUT2D eigenvalue weighted by molar-refractivity contribution is 7.90. The average Bonchev–Trinajstić information content (AvgIpc) is 3.33. The second-order valence-electron chi connectivity index (χ2n) is 9.97. The van der Waals surface area contributed by atoms with Crippen LogP contribution in [0.25, 0.3) is 22.0 Å². The largest absolute Gasteiger partial charge is 0.494 e. The number of rotatable bonds is 9. The number of carbonyl (C=O) groups is 1. The molecule has 0 spiro atoms. The number of benzene rings is 3. The van der Waals surface area contributed by atoms with Crippen LogP contribution >= 0.6 is 11.6 Å². The van der Waals surface area contributed by atoms with Gasteiger partial charge in [0, 0.05) is 28.4 Å². The number of carbonyl (C=O) groups excluding carboxylic acids is 1. The average molecular weight is 588 g/mol. The first-order valence-electron chi connectivity index (χ1n) is 13.2. The van der Waals surface area contributed by atoms with E-state index in [2.05, 4.69) is 14.7 Å². The Labute approximate surface area is 244 Å². The lowest BCUT2D eigenvalue weighted by Gasteiger charge is -2.11. The van der Waals surface area contributed by atoms with Crippen LogP contribution in [0.1, 0.15) is 39.2 Å². The summed E-state index contributed by atoms with van der Waals surface area (Å²) < 4.78 is 34.2. The number of sulfonamides is 1. The fraction of sp³-hybridized carbons (Fsp3) is 0.188.